The summed E-state index contributed by atoms with van der Waals surface area (Å²) in [5, 5.41) is 3.75. The highest BCUT2D eigenvalue weighted by Crippen LogP contribution is 2.55. The maximum Gasteiger partial charge on any atom is 0.162 e. The minimum atomic E-state index is -2.11. The number of ether oxygens (including phenoxy) is 1. The molecule has 0 fully saturated rings. The second-order valence-corrected chi connectivity index (χ2v) is 12.6. The summed E-state index contributed by atoms with van der Waals surface area (Å²) in [5.41, 5.74) is 1.64. The molecule has 37 heavy (non-hydrogen) atoms. The van der Waals surface area contributed by atoms with Gasteiger partial charge in [0.15, 0.2) is 11.6 Å². The van der Waals surface area contributed by atoms with Crippen molar-refractivity contribution >= 4 is 23.2 Å². The van der Waals surface area contributed by atoms with Crippen LogP contribution in [-0.4, -0.2) is 6.16 Å². The number of benzene rings is 5. The molecule has 0 saturated heterocycles. The highest BCUT2D eigenvalue weighted by atomic mass is 31.2. The normalized spacial score (nSPS) is 11.3. The molecule has 0 aliphatic rings. The molecule has 0 heterocycles. The molecule has 1 nitrogen and oxygen atoms in total. The predicted molar refractivity (Wildman–Crippen MR) is 151 cm³/mol. The standard InChI is InChI=1S/C33H28F2OP/c34-31-23-27(33(24-32(31)35)36-25-26-13-5-1-6-14-26)21-22-37(28-15-7-2-8-16-28,29-17-9-3-10-18-29)30-19-11-4-12-20-30/h1-20,23-24H,21-22,25H2/q+1. The van der Waals surface area contributed by atoms with Gasteiger partial charge in [0.2, 0.25) is 0 Å². The number of hydrogen-bond acceptors (Lipinski definition) is 1. The summed E-state index contributed by atoms with van der Waals surface area (Å²) in [5.74, 6) is -1.37. The van der Waals surface area contributed by atoms with Crippen molar-refractivity contribution in [1.29, 1.82) is 0 Å². The quantitative estimate of drug-likeness (QED) is 0.193. The topological polar surface area (TPSA) is 9.23 Å². The highest BCUT2D eigenvalue weighted by Gasteiger charge is 2.44. The van der Waals surface area contributed by atoms with Crippen molar-refractivity contribution in [3.8, 4) is 5.75 Å². The lowest BCUT2D eigenvalue weighted by Crippen LogP contribution is -2.34. The van der Waals surface area contributed by atoms with Gasteiger partial charge in [0.05, 0.1) is 6.16 Å². The molecular formula is C33H28F2OP+. The van der Waals surface area contributed by atoms with E-state index >= 15 is 0 Å². The van der Waals surface area contributed by atoms with Crippen LogP contribution >= 0.6 is 7.26 Å². The first-order valence-electron chi connectivity index (χ1n) is 12.4. The summed E-state index contributed by atoms with van der Waals surface area (Å²) < 4.78 is 34.8. The molecular weight excluding hydrogens is 481 g/mol. The molecule has 0 aliphatic carbocycles. The first kappa shape index (κ1) is 24.9. The van der Waals surface area contributed by atoms with Gasteiger partial charge in [-0.25, -0.2) is 8.78 Å². The Morgan fingerprint density at radius 1 is 0.541 bits per heavy atom. The van der Waals surface area contributed by atoms with Crippen LogP contribution in [0, 0.1) is 11.6 Å². The van der Waals surface area contributed by atoms with Crippen LogP contribution in [0.5, 0.6) is 5.75 Å². The Bertz CT molecular complexity index is 1330. The van der Waals surface area contributed by atoms with Crippen molar-refractivity contribution in [3.63, 3.8) is 0 Å². The summed E-state index contributed by atoms with van der Waals surface area (Å²) in [4.78, 5) is 0. The van der Waals surface area contributed by atoms with Crippen molar-refractivity contribution in [1.82, 2.24) is 0 Å². The zero-order valence-electron chi connectivity index (χ0n) is 20.4. The first-order chi connectivity index (χ1) is 18.2. The maximum absolute atomic E-state index is 14.5. The molecule has 0 N–H and O–H groups in total. The molecule has 0 aromatic heterocycles. The van der Waals surface area contributed by atoms with E-state index in [4.69, 9.17) is 4.74 Å². The zero-order valence-corrected chi connectivity index (χ0v) is 21.3. The van der Waals surface area contributed by atoms with Crippen molar-refractivity contribution in [3.05, 3.63) is 156 Å². The lowest BCUT2D eigenvalue weighted by atomic mass is 10.1. The van der Waals surface area contributed by atoms with Crippen LogP contribution in [0.25, 0.3) is 0 Å². The van der Waals surface area contributed by atoms with Gasteiger partial charge in [-0.2, -0.15) is 0 Å². The number of hydrogen-bond donors (Lipinski definition) is 0. The lowest BCUT2D eigenvalue weighted by molar-refractivity contribution is 0.300. The number of aryl methyl sites for hydroxylation is 1. The third kappa shape index (κ3) is 5.48. The van der Waals surface area contributed by atoms with Crippen LogP contribution in [0.1, 0.15) is 11.1 Å². The first-order valence-corrected chi connectivity index (χ1v) is 14.3. The average molecular weight is 510 g/mol. The molecule has 5 aromatic carbocycles. The zero-order chi connectivity index (χ0) is 25.5. The molecule has 5 rings (SSSR count). The fraction of sp³-hybridized carbons (Fsp3) is 0.0909. The predicted octanol–water partition coefficient (Wildman–Crippen LogP) is 7.08. The molecule has 0 amide bonds. The summed E-state index contributed by atoms with van der Waals surface area (Å²) in [7, 11) is -2.11. The minimum Gasteiger partial charge on any atom is -0.489 e. The van der Waals surface area contributed by atoms with E-state index in [1.54, 1.807) is 0 Å². The maximum atomic E-state index is 14.5. The Hall–Kier alpha value is -3.81. The minimum absolute atomic E-state index is 0.287. The van der Waals surface area contributed by atoms with Crippen LogP contribution in [0.3, 0.4) is 0 Å². The average Bonchev–Trinajstić information content (AvgIpc) is 2.96. The van der Waals surface area contributed by atoms with E-state index in [0.717, 1.165) is 11.7 Å². The van der Waals surface area contributed by atoms with E-state index < -0.39 is 18.9 Å². The van der Waals surface area contributed by atoms with Crippen molar-refractivity contribution in [2.75, 3.05) is 6.16 Å². The van der Waals surface area contributed by atoms with Gasteiger partial charge in [-0.05, 0) is 48.0 Å². The van der Waals surface area contributed by atoms with Gasteiger partial charge in [0.25, 0.3) is 0 Å². The molecule has 4 heteroatoms. The van der Waals surface area contributed by atoms with E-state index in [-0.39, 0.29) is 6.61 Å². The second kappa shape index (κ2) is 11.5. The number of rotatable bonds is 9. The molecule has 184 valence electrons. The van der Waals surface area contributed by atoms with E-state index in [9.17, 15) is 8.78 Å². The smallest absolute Gasteiger partial charge is 0.162 e. The van der Waals surface area contributed by atoms with Gasteiger partial charge >= 0.3 is 0 Å². The molecule has 0 aliphatic heterocycles. The molecule has 0 saturated carbocycles. The van der Waals surface area contributed by atoms with Crippen molar-refractivity contribution < 1.29 is 13.5 Å². The molecule has 5 aromatic rings. The van der Waals surface area contributed by atoms with E-state index in [1.807, 2.05) is 48.5 Å². The van der Waals surface area contributed by atoms with Crippen LogP contribution in [0.2, 0.25) is 0 Å². The monoisotopic (exact) mass is 509 g/mol. The molecule has 0 bridgehead atoms. The largest absolute Gasteiger partial charge is 0.489 e. The Labute approximate surface area is 217 Å². The van der Waals surface area contributed by atoms with Crippen molar-refractivity contribution in [2.45, 2.75) is 13.0 Å². The van der Waals surface area contributed by atoms with Crippen molar-refractivity contribution in [2.24, 2.45) is 0 Å². The Morgan fingerprint density at radius 2 is 0.973 bits per heavy atom. The van der Waals surface area contributed by atoms with E-state index in [2.05, 4.69) is 72.8 Å². The highest BCUT2D eigenvalue weighted by molar-refractivity contribution is 7.95. The summed E-state index contributed by atoms with van der Waals surface area (Å²) in [6.07, 6.45) is 1.28. The van der Waals surface area contributed by atoms with Crippen LogP contribution in [0.4, 0.5) is 8.78 Å². The molecule has 0 atom stereocenters. The van der Waals surface area contributed by atoms with Crippen LogP contribution < -0.4 is 20.7 Å². The van der Waals surface area contributed by atoms with Gasteiger partial charge in [-0.1, -0.05) is 84.9 Å². The van der Waals surface area contributed by atoms with Gasteiger partial charge in [0, 0.05) is 18.1 Å². The van der Waals surface area contributed by atoms with Gasteiger partial charge in [-0.15, -0.1) is 0 Å². The molecule has 0 unspecified atom stereocenters. The third-order valence-electron chi connectivity index (χ3n) is 6.65. The summed E-state index contributed by atoms with van der Waals surface area (Å²) in [6, 6.07) is 43.8. The third-order valence-corrected chi connectivity index (χ3v) is 11.1. The van der Waals surface area contributed by atoms with Gasteiger partial charge in [-0.3, -0.25) is 0 Å². The Kier molecular flexibility index (Phi) is 7.73. The molecule has 0 radical (unpaired) electrons. The van der Waals surface area contributed by atoms with E-state index in [0.29, 0.717) is 17.7 Å². The van der Waals surface area contributed by atoms with Gasteiger partial charge < -0.3 is 4.74 Å². The fourth-order valence-electron chi connectivity index (χ4n) is 4.80. The molecule has 0 spiro atoms. The summed E-state index contributed by atoms with van der Waals surface area (Å²) in [6.45, 7) is 0.287. The van der Waals surface area contributed by atoms with Gasteiger partial charge in [0.1, 0.15) is 35.5 Å². The lowest BCUT2D eigenvalue weighted by Gasteiger charge is -2.28. The summed E-state index contributed by atoms with van der Waals surface area (Å²) >= 11 is 0. The number of halogens is 2. The Balaban J connectivity index is 1.57. The second-order valence-electron chi connectivity index (χ2n) is 8.94. The Morgan fingerprint density at radius 3 is 1.46 bits per heavy atom. The van der Waals surface area contributed by atoms with Crippen LogP contribution in [0.15, 0.2) is 133 Å². The van der Waals surface area contributed by atoms with Crippen LogP contribution in [-0.2, 0) is 13.0 Å². The van der Waals surface area contributed by atoms with E-state index in [1.165, 1.54) is 28.0 Å². The SMILES string of the molecule is Fc1cc(CC[P+](c2ccccc2)(c2ccccc2)c2ccccc2)c(OCc2ccccc2)cc1F. The fourth-order valence-corrected chi connectivity index (χ4v) is 9.09.